The van der Waals surface area contributed by atoms with Crippen molar-refractivity contribution in [1.29, 1.82) is 0 Å². The largest absolute Gasteiger partial charge is 0.508 e. The first-order chi connectivity index (χ1) is 26.9. The Kier molecular flexibility index (Phi) is 10.7. The van der Waals surface area contributed by atoms with Crippen LogP contribution in [-0.4, -0.2) is 82.6 Å². The number of rotatable bonds is 6. The molecular formula is C46H47N5O5. The molecule has 10 heteroatoms. The fourth-order valence-corrected chi connectivity index (χ4v) is 7.51. The standard InChI is InChI=1S/C46H47N5O5/c1-30-23-33-13-7-8-14-35(33)29-51(30)45(54)42-26-36-28-50(46(55)56-39-15-9-11-32(24-39)12-10-21-47(3)4)22-20-34(36)25-41(42)43-27-40(31(2)48(43)5)44(53)49(6)37-16-18-38(52)19-17-37/h7-9,11,13-19,24-27,30,52H,20-23,28-29H2,1-6H3/t30-/m1/s1. The Morgan fingerprint density at radius 3 is 2.36 bits per heavy atom. The summed E-state index contributed by atoms with van der Waals surface area (Å²) in [5.74, 6) is 6.46. The Morgan fingerprint density at radius 1 is 0.857 bits per heavy atom. The number of anilines is 1. The molecule has 0 aliphatic carbocycles. The number of ether oxygens (including phenoxy) is 1. The molecule has 0 saturated carbocycles. The maximum Gasteiger partial charge on any atom is 0.415 e. The number of phenols is 1. The molecule has 286 valence electrons. The Labute approximate surface area is 328 Å². The van der Waals surface area contributed by atoms with Gasteiger partial charge in [-0.2, -0.15) is 0 Å². The summed E-state index contributed by atoms with van der Waals surface area (Å²) in [6.45, 7) is 5.80. The lowest BCUT2D eigenvalue weighted by Gasteiger charge is -2.36. The quantitative estimate of drug-likeness (QED) is 0.187. The van der Waals surface area contributed by atoms with Gasteiger partial charge in [0.05, 0.1) is 12.1 Å². The Balaban J connectivity index is 1.22. The number of amides is 3. The highest BCUT2D eigenvalue weighted by Gasteiger charge is 2.32. The molecule has 0 saturated heterocycles. The van der Waals surface area contributed by atoms with Crippen molar-refractivity contribution in [2.75, 3.05) is 39.1 Å². The van der Waals surface area contributed by atoms with Gasteiger partial charge in [0.25, 0.3) is 11.8 Å². The van der Waals surface area contributed by atoms with E-state index in [1.54, 1.807) is 53.2 Å². The number of carbonyl (C=O) groups excluding carboxylic acids is 3. The number of carbonyl (C=O) groups is 3. The number of aromatic hydroxyl groups is 1. The molecule has 0 spiro atoms. The first-order valence-corrected chi connectivity index (χ1v) is 18.9. The summed E-state index contributed by atoms with van der Waals surface area (Å²) in [4.78, 5) is 49.5. The van der Waals surface area contributed by atoms with Crippen LogP contribution in [0.4, 0.5) is 10.5 Å². The topological polar surface area (TPSA) is 98.6 Å². The van der Waals surface area contributed by atoms with Crippen LogP contribution in [-0.2, 0) is 33.0 Å². The summed E-state index contributed by atoms with van der Waals surface area (Å²) >= 11 is 0. The minimum atomic E-state index is -0.466. The number of hydrogen-bond acceptors (Lipinski definition) is 6. The third kappa shape index (κ3) is 7.77. The van der Waals surface area contributed by atoms with Gasteiger partial charge in [0.2, 0.25) is 0 Å². The van der Waals surface area contributed by atoms with Gasteiger partial charge in [-0.25, -0.2) is 4.79 Å². The van der Waals surface area contributed by atoms with E-state index < -0.39 is 6.09 Å². The van der Waals surface area contributed by atoms with E-state index in [4.69, 9.17) is 4.74 Å². The first kappa shape index (κ1) is 38.0. The van der Waals surface area contributed by atoms with Gasteiger partial charge in [0, 0.05) is 73.5 Å². The van der Waals surface area contributed by atoms with E-state index >= 15 is 0 Å². The molecule has 0 unspecified atom stereocenters. The molecule has 7 rings (SSSR count). The number of benzene rings is 4. The van der Waals surface area contributed by atoms with Gasteiger partial charge in [0.15, 0.2) is 0 Å². The predicted molar refractivity (Wildman–Crippen MR) is 218 cm³/mol. The highest BCUT2D eigenvalue weighted by molar-refractivity contribution is 6.08. The molecule has 1 atom stereocenters. The maximum absolute atomic E-state index is 14.9. The minimum absolute atomic E-state index is 0.0395. The molecule has 0 fully saturated rings. The molecule has 2 aliphatic heterocycles. The van der Waals surface area contributed by atoms with Gasteiger partial charge in [-0.15, -0.1) is 0 Å². The van der Waals surface area contributed by atoms with Gasteiger partial charge in [-0.05, 0) is 124 Å². The predicted octanol–water partition coefficient (Wildman–Crippen LogP) is 7.04. The van der Waals surface area contributed by atoms with Crippen molar-refractivity contribution in [3.63, 3.8) is 0 Å². The number of fused-ring (bicyclic) bond motifs is 2. The van der Waals surface area contributed by atoms with Crippen molar-refractivity contribution in [2.24, 2.45) is 7.05 Å². The van der Waals surface area contributed by atoms with E-state index in [0.29, 0.717) is 48.6 Å². The Morgan fingerprint density at radius 2 is 1.61 bits per heavy atom. The minimum Gasteiger partial charge on any atom is -0.508 e. The van der Waals surface area contributed by atoms with Crippen LogP contribution in [0.2, 0.25) is 0 Å². The maximum atomic E-state index is 14.9. The second kappa shape index (κ2) is 15.8. The SMILES string of the molecule is Cc1c(C(=O)N(C)c2ccc(O)cc2)cc(-c2cc3c(cc2C(=O)N2Cc4ccccc4C[C@H]2C)CN(C(=O)Oc2cccc(C#CCN(C)C)c2)CC3)n1C. The van der Waals surface area contributed by atoms with Crippen molar-refractivity contribution in [3.8, 4) is 34.6 Å². The molecule has 2 aliphatic rings. The molecule has 0 bridgehead atoms. The smallest absolute Gasteiger partial charge is 0.415 e. The van der Waals surface area contributed by atoms with Crippen LogP contribution in [0, 0.1) is 18.8 Å². The van der Waals surface area contributed by atoms with Crippen molar-refractivity contribution < 1.29 is 24.2 Å². The first-order valence-electron chi connectivity index (χ1n) is 18.9. The van der Waals surface area contributed by atoms with Crippen LogP contribution >= 0.6 is 0 Å². The number of hydrogen-bond donors (Lipinski definition) is 1. The van der Waals surface area contributed by atoms with E-state index in [1.807, 2.05) is 78.8 Å². The molecule has 3 amide bonds. The Hall–Kier alpha value is -6.31. The zero-order chi connectivity index (χ0) is 39.7. The second-order valence-corrected chi connectivity index (χ2v) is 15.0. The number of aromatic nitrogens is 1. The number of phenolic OH excluding ortho intramolecular Hbond substituents is 1. The molecule has 56 heavy (non-hydrogen) atoms. The second-order valence-electron chi connectivity index (χ2n) is 15.0. The highest BCUT2D eigenvalue weighted by Crippen LogP contribution is 2.36. The summed E-state index contributed by atoms with van der Waals surface area (Å²) in [7, 11) is 7.53. The zero-order valence-electron chi connectivity index (χ0n) is 32.8. The van der Waals surface area contributed by atoms with Crippen molar-refractivity contribution >= 4 is 23.6 Å². The fourth-order valence-electron chi connectivity index (χ4n) is 7.51. The molecular weight excluding hydrogens is 703 g/mol. The van der Waals surface area contributed by atoms with Gasteiger partial charge >= 0.3 is 6.09 Å². The molecule has 10 nitrogen and oxygen atoms in total. The van der Waals surface area contributed by atoms with Crippen LogP contribution in [0.1, 0.15) is 61.2 Å². The van der Waals surface area contributed by atoms with Crippen LogP contribution < -0.4 is 9.64 Å². The van der Waals surface area contributed by atoms with E-state index in [0.717, 1.165) is 45.6 Å². The molecule has 1 aromatic heterocycles. The van der Waals surface area contributed by atoms with Crippen molar-refractivity contribution in [3.05, 3.63) is 136 Å². The number of nitrogens with zero attached hydrogens (tertiary/aromatic N) is 5. The molecule has 1 N–H and O–H groups in total. The fraction of sp³-hybridized carbons (Fsp3) is 0.283. The van der Waals surface area contributed by atoms with E-state index in [-0.39, 0.29) is 30.2 Å². The van der Waals surface area contributed by atoms with Crippen LogP contribution in [0.15, 0.2) is 91.0 Å². The molecule has 3 heterocycles. The molecule has 0 radical (unpaired) electrons. The van der Waals surface area contributed by atoms with Crippen LogP contribution in [0.25, 0.3) is 11.3 Å². The van der Waals surface area contributed by atoms with E-state index in [2.05, 4.69) is 37.0 Å². The van der Waals surface area contributed by atoms with Crippen molar-refractivity contribution in [2.45, 2.75) is 45.8 Å². The van der Waals surface area contributed by atoms with E-state index in [1.165, 1.54) is 5.56 Å². The van der Waals surface area contributed by atoms with Gasteiger partial charge in [-0.1, -0.05) is 42.2 Å². The average molecular weight is 750 g/mol. The van der Waals surface area contributed by atoms with Crippen molar-refractivity contribution in [1.82, 2.24) is 19.3 Å². The lowest BCUT2D eigenvalue weighted by atomic mass is 9.90. The normalized spacial score (nSPS) is 14.7. The van der Waals surface area contributed by atoms with Crippen LogP contribution in [0.5, 0.6) is 11.5 Å². The summed E-state index contributed by atoms with van der Waals surface area (Å²) in [6.07, 6.45) is 0.843. The lowest BCUT2D eigenvalue weighted by molar-refractivity contribution is 0.0658. The highest BCUT2D eigenvalue weighted by atomic mass is 16.6. The molecule has 4 aromatic carbocycles. The summed E-state index contributed by atoms with van der Waals surface area (Å²) in [6, 6.07) is 27.8. The van der Waals surface area contributed by atoms with Gasteiger partial charge in [0.1, 0.15) is 11.5 Å². The summed E-state index contributed by atoms with van der Waals surface area (Å²) < 4.78 is 7.81. The van der Waals surface area contributed by atoms with Crippen LogP contribution in [0.3, 0.4) is 0 Å². The summed E-state index contributed by atoms with van der Waals surface area (Å²) in [5, 5.41) is 9.80. The third-order valence-corrected chi connectivity index (χ3v) is 10.9. The average Bonchev–Trinajstić information content (AvgIpc) is 3.49. The van der Waals surface area contributed by atoms with Gasteiger partial charge in [-0.3, -0.25) is 14.5 Å². The Bertz CT molecular complexity index is 2390. The third-order valence-electron chi connectivity index (χ3n) is 10.9. The summed E-state index contributed by atoms with van der Waals surface area (Å²) in [5.41, 5.74) is 8.95. The molecule has 5 aromatic rings. The lowest BCUT2D eigenvalue weighted by Crippen LogP contribution is -2.43. The van der Waals surface area contributed by atoms with Gasteiger partial charge < -0.3 is 29.1 Å². The van der Waals surface area contributed by atoms with E-state index in [9.17, 15) is 19.5 Å². The zero-order valence-corrected chi connectivity index (χ0v) is 32.8. The monoisotopic (exact) mass is 749 g/mol.